The summed E-state index contributed by atoms with van der Waals surface area (Å²) in [4.78, 5) is 38.0. The predicted molar refractivity (Wildman–Crippen MR) is 120 cm³/mol. The van der Waals surface area contributed by atoms with Crippen LogP contribution < -0.4 is 9.47 Å². The lowest BCUT2D eigenvalue weighted by Crippen LogP contribution is -2.35. The minimum Gasteiger partial charge on any atom is -0.490 e. The van der Waals surface area contributed by atoms with Crippen molar-refractivity contribution in [1.82, 2.24) is 4.90 Å². The van der Waals surface area contributed by atoms with Crippen molar-refractivity contribution in [1.29, 1.82) is 0 Å². The molecular formula is C21H24BrNO6S. The Balaban J connectivity index is 2.24. The molecule has 1 heterocycles. The number of halogens is 1. The standard InChI is InChI=1S/C21H24BrNO6S/c1-5-8-28-19-15(22)9-14(10-16(19)27-7-3)11-17-20(25)23(21(26)30-17)12-18(24)29-13(4)6-2/h5,9-11,13H,1,6-8,12H2,2-4H3/b17-11+/t13-/m1/s1. The van der Waals surface area contributed by atoms with Crippen molar-refractivity contribution in [3.63, 3.8) is 0 Å². The van der Waals surface area contributed by atoms with Crippen molar-refractivity contribution in [3.05, 3.63) is 39.7 Å². The predicted octanol–water partition coefficient (Wildman–Crippen LogP) is 4.79. The molecule has 1 aliphatic heterocycles. The number of imide groups is 1. The van der Waals surface area contributed by atoms with Crippen LogP contribution in [0.25, 0.3) is 6.08 Å². The third-order valence-electron chi connectivity index (χ3n) is 4.04. The first-order valence-electron chi connectivity index (χ1n) is 9.45. The molecule has 7 nitrogen and oxygen atoms in total. The molecule has 162 valence electrons. The number of hydrogen-bond donors (Lipinski definition) is 0. The zero-order valence-corrected chi connectivity index (χ0v) is 19.5. The summed E-state index contributed by atoms with van der Waals surface area (Å²) in [6.45, 7) is 9.44. The average Bonchev–Trinajstić information content (AvgIpc) is 2.94. The van der Waals surface area contributed by atoms with E-state index < -0.39 is 23.7 Å². The maximum atomic E-state index is 12.6. The SMILES string of the molecule is C=CCOc1c(Br)cc(/C=C2/SC(=O)N(CC(=O)O[C@H](C)CC)C2=O)cc1OCC. The minimum atomic E-state index is -0.613. The summed E-state index contributed by atoms with van der Waals surface area (Å²) in [5.74, 6) is -0.128. The Labute approximate surface area is 188 Å². The van der Waals surface area contributed by atoms with Crippen LogP contribution in [0.4, 0.5) is 4.79 Å². The van der Waals surface area contributed by atoms with Gasteiger partial charge in [0, 0.05) is 0 Å². The van der Waals surface area contributed by atoms with Crippen LogP contribution in [-0.4, -0.2) is 47.9 Å². The van der Waals surface area contributed by atoms with Gasteiger partial charge in [0.1, 0.15) is 13.2 Å². The van der Waals surface area contributed by atoms with Gasteiger partial charge in [-0.05, 0) is 71.7 Å². The lowest BCUT2D eigenvalue weighted by Gasteiger charge is -2.15. The van der Waals surface area contributed by atoms with E-state index in [0.29, 0.717) is 41.2 Å². The van der Waals surface area contributed by atoms with E-state index in [-0.39, 0.29) is 11.0 Å². The number of rotatable bonds is 10. The van der Waals surface area contributed by atoms with E-state index >= 15 is 0 Å². The highest BCUT2D eigenvalue weighted by atomic mass is 79.9. The number of ether oxygens (including phenoxy) is 3. The van der Waals surface area contributed by atoms with Crippen molar-refractivity contribution in [3.8, 4) is 11.5 Å². The number of benzene rings is 1. The Morgan fingerprint density at radius 1 is 1.30 bits per heavy atom. The monoisotopic (exact) mass is 497 g/mol. The molecule has 1 aliphatic rings. The second kappa shape index (κ2) is 11.2. The van der Waals surface area contributed by atoms with Crippen LogP contribution in [0.1, 0.15) is 32.8 Å². The van der Waals surface area contributed by atoms with Crippen LogP contribution in [0, 0.1) is 0 Å². The Morgan fingerprint density at radius 3 is 2.67 bits per heavy atom. The summed E-state index contributed by atoms with van der Waals surface area (Å²) >= 11 is 4.23. The van der Waals surface area contributed by atoms with Crippen LogP contribution in [0.2, 0.25) is 0 Å². The molecule has 1 atom stereocenters. The van der Waals surface area contributed by atoms with Crippen LogP contribution in [0.5, 0.6) is 11.5 Å². The lowest BCUT2D eigenvalue weighted by atomic mass is 10.2. The molecule has 30 heavy (non-hydrogen) atoms. The van der Waals surface area contributed by atoms with Gasteiger partial charge in [0.2, 0.25) is 0 Å². The fourth-order valence-corrected chi connectivity index (χ4v) is 3.89. The van der Waals surface area contributed by atoms with Crippen LogP contribution >= 0.6 is 27.7 Å². The Kier molecular flexibility index (Phi) is 8.98. The normalized spacial score (nSPS) is 16.0. The van der Waals surface area contributed by atoms with E-state index in [2.05, 4.69) is 22.5 Å². The van der Waals surface area contributed by atoms with Crippen LogP contribution in [0.3, 0.4) is 0 Å². The highest BCUT2D eigenvalue weighted by molar-refractivity contribution is 9.10. The molecule has 0 N–H and O–H groups in total. The minimum absolute atomic E-state index is 0.213. The molecule has 1 aromatic carbocycles. The van der Waals surface area contributed by atoms with Gasteiger partial charge in [0.25, 0.3) is 11.1 Å². The summed E-state index contributed by atoms with van der Waals surface area (Å²) in [6.07, 6.45) is 3.58. The number of amides is 2. The molecule has 0 bridgehead atoms. The zero-order chi connectivity index (χ0) is 22.3. The number of thioether (sulfide) groups is 1. The number of carbonyl (C=O) groups excluding carboxylic acids is 3. The van der Waals surface area contributed by atoms with Crippen molar-refractivity contribution >= 4 is 50.9 Å². The highest BCUT2D eigenvalue weighted by Gasteiger charge is 2.37. The van der Waals surface area contributed by atoms with E-state index in [4.69, 9.17) is 14.2 Å². The molecule has 9 heteroatoms. The average molecular weight is 498 g/mol. The Bertz CT molecular complexity index is 869. The Morgan fingerprint density at radius 2 is 2.03 bits per heavy atom. The fraction of sp³-hybridized carbons (Fsp3) is 0.381. The van der Waals surface area contributed by atoms with Crippen LogP contribution in [-0.2, 0) is 14.3 Å². The van der Waals surface area contributed by atoms with E-state index in [1.165, 1.54) is 0 Å². The first-order valence-corrected chi connectivity index (χ1v) is 11.1. The smallest absolute Gasteiger partial charge is 0.326 e. The summed E-state index contributed by atoms with van der Waals surface area (Å²) in [5, 5.41) is -0.512. The van der Waals surface area contributed by atoms with Gasteiger partial charge in [-0.2, -0.15) is 0 Å². The second-order valence-electron chi connectivity index (χ2n) is 6.34. The van der Waals surface area contributed by atoms with Gasteiger partial charge >= 0.3 is 5.97 Å². The van der Waals surface area contributed by atoms with Crippen LogP contribution in [0.15, 0.2) is 34.2 Å². The van der Waals surface area contributed by atoms with E-state index in [1.54, 1.807) is 31.2 Å². The second-order valence-corrected chi connectivity index (χ2v) is 8.19. The number of nitrogens with zero attached hydrogens (tertiary/aromatic N) is 1. The third-order valence-corrected chi connectivity index (χ3v) is 5.54. The number of carbonyl (C=O) groups is 3. The van der Waals surface area contributed by atoms with Crippen molar-refractivity contribution in [2.75, 3.05) is 19.8 Å². The molecular weight excluding hydrogens is 474 g/mol. The van der Waals surface area contributed by atoms with Gasteiger partial charge < -0.3 is 14.2 Å². The largest absolute Gasteiger partial charge is 0.490 e. The van der Waals surface area contributed by atoms with E-state index in [9.17, 15) is 14.4 Å². The number of esters is 1. The highest BCUT2D eigenvalue weighted by Crippen LogP contribution is 2.39. The van der Waals surface area contributed by atoms with Gasteiger partial charge in [0.05, 0.1) is 22.1 Å². The quantitative estimate of drug-likeness (QED) is 0.261. The number of hydrogen-bond acceptors (Lipinski definition) is 7. The molecule has 1 aromatic rings. The molecule has 0 unspecified atom stereocenters. The summed E-state index contributed by atoms with van der Waals surface area (Å²) in [5.41, 5.74) is 0.643. The molecule has 0 spiro atoms. The van der Waals surface area contributed by atoms with Gasteiger partial charge in [-0.1, -0.05) is 19.6 Å². The molecule has 1 fully saturated rings. The van der Waals surface area contributed by atoms with E-state index in [1.807, 2.05) is 13.8 Å². The summed E-state index contributed by atoms with van der Waals surface area (Å²) < 4.78 is 17.1. The van der Waals surface area contributed by atoms with Crippen molar-refractivity contribution < 1.29 is 28.6 Å². The molecule has 0 aliphatic carbocycles. The van der Waals surface area contributed by atoms with Gasteiger partial charge in [-0.15, -0.1) is 0 Å². The van der Waals surface area contributed by atoms with Gasteiger partial charge in [-0.25, -0.2) is 0 Å². The van der Waals surface area contributed by atoms with Crippen molar-refractivity contribution in [2.45, 2.75) is 33.3 Å². The third kappa shape index (κ3) is 6.12. The summed E-state index contributed by atoms with van der Waals surface area (Å²) in [7, 11) is 0. The van der Waals surface area contributed by atoms with Gasteiger partial charge in [-0.3, -0.25) is 19.3 Å². The first-order chi connectivity index (χ1) is 14.3. The molecule has 2 rings (SSSR count). The first kappa shape index (κ1) is 24.0. The zero-order valence-electron chi connectivity index (χ0n) is 17.1. The molecule has 0 radical (unpaired) electrons. The molecule has 2 amide bonds. The molecule has 0 saturated carbocycles. The maximum Gasteiger partial charge on any atom is 0.326 e. The summed E-state index contributed by atoms with van der Waals surface area (Å²) in [6, 6.07) is 3.48. The molecule has 1 saturated heterocycles. The van der Waals surface area contributed by atoms with Gasteiger partial charge in [0.15, 0.2) is 11.5 Å². The fourth-order valence-electron chi connectivity index (χ4n) is 2.48. The van der Waals surface area contributed by atoms with Crippen molar-refractivity contribution in [2.24, 2.45) is 0 Å². The lowest BCUT2D eigenvalue weighted by molar-refractivity contribution is -0.150. The molecule has 0 aromatic heterocycles. The topological polar surface area (TPSA) is 82.1 Å². The maximum absolute atomic E-state index is 12.6. The Hall–Kier alpha value is -2.26. The van der Waals surface area contributed by atoms with E-state index in [0.717, 1.165) is 16.7 Å².